The first-order chi connectivity index (χ1) is 19.7. The van der Waals surface area contributed by atoms with Gasteiger partial charge in [0.15, 0.2) is 8.07 Å². The largest absolute Gasteiger partial charge is 4.00 e. The molecule has 0 atom stereocenters. The van der Waals surface area contributed by atoms with E-state index in [1.54, 1.807) is 53.0 Å². The van der Waals surface area contributed by atoms with Crippen LogP contribution in [0.15, 0.2) is 54.6 Å². The molecule has 0 radical (unpaired) electrons. The Bertz CT molecular complexity index is 1520. The van der Waals surface area contributed by atoms with Crippen LogP contribution in [0.3, 0.4) is 0 Å². The van der Waals surface area contributed by atoms with Crippen LogP contribution in [0.4, 0.5) is 0 Å². The summed E-state index contributed by atoms with van der Waals surface area (Å²) in [6.45, 7) is 39.6. The Hall–Kier alpha value is -0.538. The fourth-order valence-corrected chi connectivity index (χ4v) is 20.4. The van der Waals surface area contributed by atoms with Gasteiger partial charge in [0.05, 0.1) is 24.2 Å². The Kier molecular flexibility index (Phi) is 16.0. The summed E-state index contributed by atoms with van der Waals surface area (Å²) in [7, 11) is -7.59. The minimum Gasteiger partial charge on any atom is -1.00 e. The monoisotopic (exact) mass is 790 g/mol. The minimum absolute atomic E-state index is 0. The molecule has 0 N–H and O–H groups in total. The number of hydrogen-bond donors (Lipinski definition) is 0. The molecule has 254 valence electrons. The second kappa shape index (κ2) is 16.2. The number of benzene rings is 3. The van der Waals surface area contributed by atoms with E-state index in [2.05, 4.69) is 162 Å². The second-order valence-corrected chi connectivity index (χ2v) is 35.0. The van der Waals surface area contributed by atoms with E-state index in [9.17, 15) is 0 Å². The molecule has 0 saturated heterocycles. The van der Waals surface area contributed by atoms with E-state index in [0.717, 1.165) is 0 Å². The number of hydrogen-bond acceptors (Lipinski definition) is 0. The van der Waals surface area contributed by atoms with Crippen molar-refractivity contribution in [1.82, 2.24) is 0 Å². The van der Waals surface area contributed by atoms with Gasteiger partial charge < -0.3 is 37.2 Å². The standard InChI is InChI=1S/C39H57Si4.3ClH.Ti/c1-26-27(2)29(4)39(28(26)3)43(36-23-17-20-33(30(36)5)40(8,9)10,37-24-18-21-34(31(37)6)41(11,12)13)38-25-19-22-35(32(38)7)42(14,15)16;;;;/h17-25H,1-16H3;3*1H;/q-1;;;;+4/p-3. The first kappa shape index (κ1) is 46.5. The molecule has 0 amide bonds. The average molecular weight is 792 g/mol. The van der Waals surface area contributed by atoms with Crippen LogP contribution in [-0.2, 0) is 21.7 Å². The normalized spacial score (nSPS) is 12.0. The van der Waals surface area contributed by atoms with E-state index < -0.39 is 32.3 Å². The molecule has 0 aliphatic heterocycles. The predicted molar refractivity (Wildman–Crippen MR) is 208 cm³/mol. The van der Waals surface area contributed by atoms with Gasteiger partial charge in [0.2, 0.25) is 0 Å². The van der Waals surface area contributed by atoms with Crippen molar-refractivity contribution in [2.24, 2.45) is 0 Å². The van der Waals surface area contributed by atoms with Crippen molar-refractivity contribution in [1.29, 1.82) is 0 Å². The molecule has 4 aromatic rings. The third kappa shape index (κ3) is 8.02. The molecule has 0 nitrogen and oxygen atoms in total. The first-order valence-corrected chi connectivity index (χ1v) is 28.7. The van der Waals surface area contributed by atoms with E-state index in [1.807, 2.05) is 0 Å². The summed E-state index contributed by atoms with van der Waals surface area (Å²) in [6.07, 6.45) is 0. The van der Waals surface area contributed by atoms with Crippen molar-refractivity contribution >= 4 is 68.6 Å². The Morgan fingerprint density at radius 2 is 0.660 bits per heavy atom. The van der Waals surface area contributed by atoms with Crippen LogP contribution >= 0.6 is 0 Å². The minimum atomic E-state index is -2.80. The summed E-state index contributed by atoms with van der Waals surface area (Å²) in [5, 5.41) is 11.3. The molecule has 0 spiro atoms. The van der Waals surface area contributed by atoms with Gasteiger partial charge in [-0.3, -0.25) is 0 Å². The Labute approximate surface area is 325 Å². The van der Waals surface area contributed by atoms with Gasteiger partial charge in [-0.1, -0.05) is 173 Å². The molecular formula is C39H57Cl3Si4Ti. The Morgan fingerprint density at radius 1 is 0.404 bits per heavy atom. The fourth-order valence-electron chi connectivity index (χ4n) is 8.18. The maximum Gasteiger partial charge on any atom is 4.00 e. The van der Waals surface area contributed by atoms with E-state index in [4.69, 9.17) is 0 Å². The van der Waals surface area contributed by atoms with Crippen molar-refractivity contribution in [2.45, 2.75) is 107 Å². The first-order valence-electron chi connectivity index (χ1n) is 16.2. The van der Waals surface area contributed by atoms with Crippen LogP contribution in [0.2, 0.25) is 58.9 Å². The molecule has 0 aromatic heterocycles. The van der Waals surface area contributed by atoms with Crippen LogP contribution in [0.25, 0.3) is 0 Å². The van der Waals surface area contributed by atoms with Crippen molar-refractivity contribution in [2.75, 3.05) is 0 Å². The van der Waals surface area contributed by atoms with Gasteiger partial charge in [0, 0.05) is 0 Å². The van der Waals surface area contributed by atoms with E-state index in [1.165, 1.54) is 22.3 Å². The summed E-state index contributed by atoms with van der Waals surface area (Å²) >= 11 is 0. The Balaban J connectivity index is 0.00000529. The van der Waals surface area contributed by atoms with E-state index >= 15 is 0 Å². The van der Waals surface area contributed by atoms with Crippen molar-refractivity contribution < 1.29 is 58.9 Å². The predicted octanol–water partition coefficient (Wildman–Crippen LogP) is -2.41. The number of rotatable bonds is 7. The fraction of sp³-hybridized carbons (Fsp3) is 0.410. The van der Waals surface area contributed by atoms with Gasteiger partial charge >= 0.3 is 21.7 Å². The average Bonchev–Trinajstić information content (AvgIpc) is 3.07. The van der Waals surface area contributed by atoms with Crippen molar-refractivity contribution in [3.8, 4) is 0 Å². The summed E-state index contributed by atoms with van der Waals surface area (Å²) in [5.74, 6) is 0. The third-order valence-electron chi connectivity index (χ3n) is 10.4. The molecule has 0 aliphatic carbocycles. The number of halogens is 3. The van der Waals surface area contributed by atoms with Crippen LogP contribution in [-0.4, -0.2) is 32.3 Å². The molecular weight excluding hydrogens is 735 g/mol. The topological polar surface area (TPSA) is 0 Å². The molecule has 47 heavy (non-hydrogen) atoms. The molecule has 8 heteroatoms. The van der Waals surface area contributed by atoms with Gasteiger partial charge in [-0.2, -0.15) is 27.4 Å². The van der Waals surface area contributed by atoms with Crippen molar-refractivity contribution in [3.05, 3.63) is 93.5 Å². The summed E-state index contributed by atoms with van der Waals surface area (Å²) in [5.41, 5.74) is 10.6. The molecule has 0 heterocycles. The molecule has 0 saturated carbocycles. The molecule has 0 unspecified atom stereocenters. The van der Waals surface area contributed by atoms with Gasteiger partial charge in [-0.15, -0.1) is 0 Å². The molecule has 0 fully saturated rings. The zero-order valence-corrected chi connectivity index (χ0v) is 39.7. The van der Waals surface area contributed by atoms with Crippen LogP contribution in [0, 0.1) is 48.5 Å². The van der Waals surface area contributed by atoms with Crippen LogP contribution in [0.1, 0.15) is 38.9 Å². The molecule has 0 aliphatic rings. The summed E-state index contributed by atoms with van der Waals surface area (Å²) in [6, 6.07) is 22.2. The second-order valence-electron chi connectivity index (χ2n) is 16.3. The smallest absolute Gasteiger partial charge is 1.00 e. The van der Waals surface area contributed by atoms with Gasteiger partial charge in [-0.05, 0) is 36.3 Å². The van der Waals surface area contributed by atoms with Crippen molar-refractivity contribution in [3.63, 3.8) is 0 Å². The zero-order valence-electron chi connectivity index (χ0n) is 31.8. The maximum absolute atomic E-state index is 2.80. The van der Waals surface area contributed by atoms with Gasteiger partial charge in [0.25, 0.3) is 0 Å². The maximum atomic E-state index is 2.54. The third-order valence-corrected chi connectivity index (χ3v) is 22.5. The summed E-state index contributed by atoms with van der Waals surface area (Å²) < 4.78 is 0. The van der Waals surface area contributed by atoms with Crippen LogP contribution < -0.4 is 73.5 Å². The zero-order chi connectivity index (χ0) is 32.4. The van der Waals surface area contributed by atoms with E-state index in [0.29, 0.717) is 0 Å². The van der Waals surface area contributed by atoms with Gasteiger partial charge in [0.1, 0.15) is 0 Å². The summed E-state index contributed by atoms with van der Waals surface area (Å²) in [4.78, 5) is 0. The van der Waals surface area contributed by atoms with Gasteiger partial charge in [-0.25, -0.2) is 0 Å². The molecule has 4 aromatic carbocycles. The van der Waals surface area contributed by atoms with Crippen LogP contribution in [0.5, 0.6) is 0 Å². The SMILES string of the molecule is Cc1c([Si](C)(C)C)cccc1[Si](c1cccc([Si](C)(C)C)c1C)(c1cccc([Si](C)(C)C)c1C)c1c(C)c(C)c(C)[c-]1C.[Cl-].[Cl-].[Cl-].[Ti+4]. The molecule has 4 rings (SSSR count). The molecule has 0 bridgehead atoms. The quantitative estimate of drug-likeness (QED) is 0.111. The Morgan fingerprint density at radius 3 is 0.872 bits per heavy atom. The van der Waals surface area contributed by atoms with E-state index in [-0.39, 0.29) is 58.9 Å².